The normalized spacial score (nSPS) is 28.1. The van der Waals surface area contributed by atoms with E-state index in [-0.39, 0.29) is 41.0 Å². The molecule has 1 aromatic carbocycles. The molecule has 5 aliphatic rings. The maximum Gasteiger partial charge on any atom is 0.243 e. The van der Waals surface area contributed by atoms with Crippen LogP contribution in [0.2, 0.25) is 0 Å². The third-order valence-corrected chi connectivity index (χ3v) is 11.5. The fourth-order valence-electron chi connectivity index (χ4n) is 7.08. The zero-order valence-corrected chi connectivity index (χ0v) is 24.6. The van der Waals surface area contributed by atoms with E-state index in [2.05, 4.69) is 10.3 Å². The largest absolute Gasteiger partial charge is 0.508 e. The Morgan fingerprint density at radius 2 is 1.90 bits per heavy atom. The smallest absolute Gasteiger partial charge is 0.243 e. The number of amides is 1. The summed E-state index contributed by atoms with van der Waals surface area (Å²) in [6.45, 7) is 1.45. The van der Waals surface area contributed by atoms with Crippen LogP contribution in [-0.4, -0.2) is 77.9 Å². The highest BCUT2D eigenvalue weighted by molar-refractivity contribution is 7.89. The van der Waals surface area contributed by atoms with Gasteiger partial charge < -0.3 is 19.9 Å². The van der Waals surface area contributed by atoms with E-state index >= 15 is 0 Å². The highest BCUT2D eigenvalue weighted by Crippen LogP contribution is 2.57. The summed E-state index contributed by atoms with van der Waals surface area (Å²) >= 11 is 0. The first-order valence-corrected chi connectivity index (χ1v) is 16.8. The highest BCUT2D eigenvalue weighted by atomic mass is 32.2. The van der Waals surface area contributed by atoms with Gasteiger partial charge in [-0.1, -0.05) is 6.07 Å². The highest BCUT2D eigenvalue weighted by Gasteiger charge is 2.61. The number of ether oxygens (including phenoxy) is 2. The molecule has 2 saturated heterocycles. The van der Waals surface area contributed by atoms with Crippen LogP contribution in [0, 0.1) is 0 Å². The molecular weight excluding hydrogens is 558 g/mol. The van der Waals surface area contributed by atoms with Gasteiger partial charge >= 0.3 is 0 Å². The van der Waals surface area contributed by atoms with Crippen LogP contribution in [0.25, 0.3) is 0 Å². The number of carbonyl (C=O) groups is 1. The van der Waals surface area contributed by atoms with Crippen LogP contribution in [-0.2, 0) is 29.7 Å². The summed E-state index contributed by atoms with van der Waals surface area (Å²) in [4.78, 5) is 25.4. The number of phenolic OH excluding ortho intramolecular Hbond substituents is 1. The molecule has 1 aromatic heterocycles. The van der Waals surface area contributed by atoms with Gasteiger partial charge in [0.25, 0.3) is 0 Å². The predicted molar refractivity (Wildman–Crippen MR) is 155 cm³/mol. The average Bonchev–Trinajstić information content (AvgIpc) is 3.76. The van der Waals surface area contributed by atoms with E-state index in [1.54, 1.807) is 0 Å². The summed E-state index contributed by atoms with van der Waals surface area (Å²) in [7, 11) is -3.68. The maximum atomic E-state index is 13.8. The van der Waals surface area contributed by atoms with Crippen LogP contribution in [0.15, 0.2) is 35.4 Å². The standard InChI is InChI=1S/C30H39N5O6S/c36-22-6-4-8-24(18-22)42(38,39)34-14-10-20(11-15-34)32-29-31-19-25-27(33-29)35(28(37)30(25)12-13-30)21-5-3-7-23(17-21)41-26-9-1-2-16-40-26/h4,6,8,18-21,23,26,36H,1-3,5,7,9-17H2,(H,31,32,33)/t21-,23-,26?/m1/s1. The second kappa shape index (κ2) is 11.0. The van der Waals surface area contributed by atoms with E-state index in [1.165, 1.54) is 28.6 Å². The number of phenols is 1. The van der Waals surface area contributed by atoms with Crippen molar-refractivity contribution in [2.45, 2.75) is 105 Å². The second-order valence-electron chi connectivity index (χ2n) is 12.4. The van der Waals surface area contributed by atoms with Crippen molar-refractivity contribution in [1.82, 2.24) is 14.3 Å². The van der Waals surface area contributed by atoms with Crippen molar-refractivity contribution >= 4 is 27.7 Å². The number of aromatic nitrogens is 2. The van der Waals surface area contributed by atoms with E-state index < -0.39 is 15.4 Å². The Balaban J connectivity index is 1.03. The molecule has 2 aromatic rings. The fraction of sp³-hybridized carbons (Fsp3) is 0.633. The summed E-state index contributed by atoms with van der Waals surface area (Å²) < 4.78 is 39.8. The Hall–Kier alpha value is -2.80. The van der Waals surface area contributed by atoms with Crippen molar-refractivity contribution in [1.29, 1.82) is 0 Å². The van der Waals surface area contributed by atoms with Gasteiger partial charge in [0.05, 0.1) is 16.4 Å². The van der Waals surface area contributed by atoms with Gasteiger partial charge in [-0.3, -0.25) is 9.69 Å². The zero-order valence-electron chi connectivity index (χ0n) is 23.8. The van der Waals surface area contributed by atoms with Gasteiger partial charge in [-0.2, -0.15) is 9.29 Å². The molecule has 4 fully saturated rings. The third kappa shape index (κ3) is 5.16. The number of nitrogens with one attached hydrogen (secondary N) is 1. The number of piperidine rings is 1. The van der Waals surface area contributed by atoms with Crippen molar-refractivity contribution < 1.29 is 27.8 Å². The zero-order chi connectivity index (χ0) is 28.9. The number of hydrogen-bond donors (Lipinski definition) is 2. The van der Waals surface area contributed by atoms with Crippen LogP contribution in [0.1, 0.15) is 76.2 Å². The van der Waals surface area contributed by atoms with E-state index in [0.717, 1.165) is 75.8 Å². The van der Waals surface area contributed by atoms with Crippen molar-refractivity contribution in [2.75, 3.05) is 29.9 Å². The lowest BCUT2D eigenvalue weighted by molar-refractivity contribution is -0.193. The summed E-state index contributed by atoms with van der Waals surface area (Å²) in [6, 6.07) is 5.81. The first-order chi connectivity index (χ1) is 20.3. The third-order valence-electron chi connectivity index (χ3n) is 9.58. The van der Waals surface area contributed by atoms with Gasteiger partial charge in [0.15, 0.2) is 6.29 Å². The Morgan fingerprint density at radius 1 is 1.07 bits per heavy atom. The van der Waals surface area contributed by atoms with Gasteiger partial charge in [0, 0.05) is 43.5 Å². The van der Waals surface area contributed by atoms with Gasteiger partial charge in [-0.15, -0.1) is 0 Å². The van der Waals surface area contributed by atoms with Crippen molar-refractivity contribution in [2.24, 2.45) is 0 Å². The maximum absolute atomic E-state index is 13.8. The van der Waals surface area contributed by atoms with Gasteiger partial charge in [0.2, 0.25) is 21.9 Å². The first-order valence-electron chi connectivity index (χ1n) is 15.4. The number of rotatable bonds is 7. The van der Waals surface area contributed by atoms with Crippen LogP contribution in [0.5, 0.6) is 5.75 Å². The molecule has 2 N–H and O–H groups in total. The lowest BCUT2D eigenvalue weighted by Crippen LogP contribution is -2.45. The van der Waals surface area contributed by atoms with Gasteiger partial charge in [-0.05, 0) is 88.8 Å². The van der Waals surface area contributed by atoms with Crippen molar-refractivity contribution in [3.05, 3.63) is 36.0 Å². The van der Waals surface area contributed by atoms with Crippen molar-refractivity contribution in [3.8, 4) is 5.75 Å². The molecule has 3 aliphatic heterocycles. The van der Waals surface area contributed by atoms with Gasteiger partial charge in [0.1, 0.15) is 11.6 Å². The first kappa shape index (κ1) is 28.0. The molecule has 226 valence electrons. The molecule has 11 nitrogen and oxygen atoms in total. The monoisotopic (exact) mass is 597 g/mol. The van der Waals surface area contributed by atoms with Crippen molar-refractivity contribution in [3.63, 3.8) is 0 Å². The van der Waals surface area contributed by atoms with E-state index in [4.69, 9.17) is 14.5 Å². The fourth-order valence-corrected chi connectivity index (χ4v) is 8.59. The Labute approximate surface area is 246 Å². The molecule has 0 bridgehead atoms. The molecule has 4 heterocycles. The molecule has 1 unspecified atom stereocenters. The summed E-state index contributed by atoms with van der Waals surface area (Å²) in [5, 5.41) is 13.2. The molecular formula is C30H39N5O6S. The molecule has 2 saturated carbocycles. The minimum atomic E-state index is -3.68. The molecule has 0 radical (unpaired) electrons. The number of benzene rings is 1. The average molecular weight is 598 g/mol. The molecule has 7 rings (SSSR count). The SMILES string of the molecule is O=C1N([C@@H]2CCC[C@@H](OC3CCCCO3)C2)c2nc(NC3CCN(S(=O)(=O)c4cccc(O)c4)CC3)ncc2C12CC2. The second-order valence-corrected chi connectivity index (χ2v) is 14.3. The van der Waals surface area contributed by atoms with Crippen LogP contribution in [0.3, 0.4) is 0 Å². The minimum absolute atomic E-state index is 0.00192. The number of aromatic hydroxyl groups is 1. The molecule has 42 heavy (non-hydrogen) atoms. The lowest BCUT2D eigenvalue weighted by atomic mass is 9.91. The summed E-state index contributed by atoms with van der Waals surface area (Å²) in [6.07, 6.45) is 11.4. The number of carbonyl (C=O) groups excluding carboxylic acids is 1. The quantitative estimate of drug-likeness (QED) is 0.490. The number of hydrogen-bond acceptors (Lipinski definition) is 9. The van der Waals surface area contributed by atoms with Crippen LogP contribution >= 0.6 is 0 Å². The Kier molecular flexibility index (Phi) is 7.36. The number of anilines is 2. The topological polar surface area (TPSA) is 134 Å². The molecule has 3 atom stereocenters. The summed E-state index contributed by atoms with van der Waals surface area (Å²) in [5.41, 5.74) is 0.462. The Morgan fingerprint density at radius 3 is 2.64 bits per heavy atom. The molecule has 2 aliphatic carbocycles. The number of nitrogens with zero attached hydrogens (tertiary/aromatic N) is 4. The summed E-state index contributed by atoms with van der Waals surface area (Å²) in [5.74, 6) is 1.27. The van der Waals surface area contributed by atoms with E-state index in [0.29, 0.717) is 31.9 Å². The van der Waals surface area contributed by atoms with Crippen LogP contribution < -0.4 is 10.2 Å². The molecule has 12 heteroatoms. The van der Waals surface area contributed by atoms with Gasteiger partial charge in [-0.25, -0.2) is 13.4 Å². The predicted octanol–water partition coefficient (Wildman–Crippen LogP) is 3.68. The van der Waals surface area contributed by atoms with E-state index in [9.17, 15) is 18.3 Å². The lowest BCUT2D eigenvalue weighted by Gasteiger charge is -2.37. The van der Waals surface area contributed by atoms with Crippen LogP contribution in [0.4, 0.5) is 11.8 Å². The molecule has 1 amide bonds. The molecule has 1 spiro atoms. The van der Waals surface area contributed by atoms with E-state index in [1.807, 2.05) is 11.1 Å². The Bertz CT molecular complexity index is 1440. The number of sulfonamides is 1. The number of fused-ring (bicyclic) bond motifs is 2. The minimum Gasteiger partial charge on any atom is -0.508 e.